The number of imidazole rings is 1. The molecule has 0 spiro atoms. The Labute approximate surface area is 99.0 Å². The number of aromatic nitrogens is 2. The third-order valence-electron chi connectivity index (χ3n) is 2.79. The summed E-state index contributed by atoms with van der Waals surface area (Å²) in [6.45, 7) is 0. The highest BCUT2D eigenvalue weighted by Gasteiger charge is 2.04. The second-order valence-electron chi connectivity index (χ2n) is 4.02. The predicted molar refractivity (Wildman–Crippen MR) is 66.1 cm³/mol. The minimum Gasteiger partial charge on any atom is -0.506 e. The smallest absolute Gasteiger partial charge is 0.132 e. The number of hydrogen-bond donors (Lipinski definition) is 1. The molecule has 1 N–H and O–H groups in total. The summed E-state index contributed by atoms with van der Waals surface area (Å²) in [4.78, 5) is 4.38. The van der Waals surface area contributed by atoms with Crippen molar-refractivity contribution >= 4 is 5.52 Å². The first-order valence-electron chi connectivity index (χ1n) is 5.52. The van der Waals surface area contributed by atoms with Crippen molar-refractivity contribution in [1.82, 2.24) is 9.38 Å². The first-order valence-corrected chi connectivity index (χ1v) is 5.52. The van der Waals surface area contributed by atoms with E-state index in [2.05, 4.69) is 17.1 Å². The maximum absolute atomic E-state index is 9.49. The molecule has 3 heteroatoms. The van der Waals surface area contributed by atoms with Crippen molar-refractivity contribution in [3.63, 3.8) is 0 Å². The van der Waals surface area contributed by atoms with E-state index in [1.165, 1.54) is 5.56 Å². The maximum Gasteiger partial charge on any atom is 0.132 e. The molecule has 3 nitrogen and oxygen atoms in total. The molecule has 0 aliphatic carbocycles. The third-order valence-corrected chi connectivity index (χ3v) is 2.79. The van der Waals surface area contributed by atoms with Gasteiger partial charge >= 0.3 is 0 Å². The van der Waals surface area contributed by atoms with Gasteiger partial charge in [-0.05, 0) is 17.7 Å². The van der Waals surface area contributed by atoms with E-state index < -0.39 is 0 Å². The Balaban J connectivity index is 2.03. The van der Waals surface area contributed by atoms with Crippen LogP contribution in [0.2, 0.25) is 0 Å². The molecule has 0 radical (unpaired) electrons. The van der Waals surface area contributed by atoms with Gasteiger partial charge in [-0.3, -0.25) is 4.40 Å². The van der Waals surface area contributed by atoms with Crippen LogP contribution in [0.3, 0.4) is 0 Å². The van der Waals surface area contributed by atoms with Gasteiger partial charge in [0.2, 0.25) is 0 Å². The molecule has 0 amide bonds. The van der Waals surface area contributed by atoms with Crippen LogP contribution in [-0.2, 0) is 6.42 Å². The molecule has 17 heavy (non-hydrogen) atoms. The van der Waals surface area contributed by atoms with Crippen molar-refractivity contribution in [2.75, 3.05) is 0 Å². The van der Waals surface area contributed by atoms with Crippen LogP contribution in [0.15, 0.2) is 54.9 Å². The highest BCUT2D eigenvalue weighted by molar-refractivity contribution is 5.48. The molecule has 84 valence electrons. The number of rotatable bonds is 2. The first-order chi connectivity index (χ1) is 8.33. The Bertz CT molecular complexity index is 644. The van der Waals surface area contributed by atoms with E-state index in [4.69, 9.17) is 0 Å². The number of benzene rings is 1. The van der Waals surface area contributed by atoms with Gasteiger partial charge in [-0.15, -0.1) is 0 Å². The molecule has 0 aliphatic heterocycles. The molecule has 0 bridgehead atoms. The first kappa shape index (κ1) is 9.90. The molecule has 0 fully saturated rings. The van der Waals surface area contributed by atoms with Crippen LogP contribution in [0.5, 0.6) is 5.75 Å². The highest BCUT2D eigenvalue weighted by atomic mass is 16.3. The van der Waals surface area contributed by atoms with Crippen LogP contribution < -0.4 is 0 Å². The maximum atomic E-state index is 9.49. The lowest BCUT2D eigenvalue weighted by Gasteiger charge is -2.02. The number of fused-ring (bicyclic) bond motifs is 1. The Morgan fingerprint density at radius 1 is 1.06 bits per heavy atom. The molecule has 0 saturated carbocycles. The second-order valence-corrected chi connectivity index (χ2v) is 4.02. The molecular formula is C14H12N2O. The minimum absolute atomic E-state index is 0.254. The van der Waals surface area contributed by atoms with Gasteiger partial charge < -0.3 is 5.11 Å². The summed E-state index contributed by atoms with van der Waals surface area (Å²) in [7, 11) is 0. The summed E-state index contributed by atoms with van der Waals surface area (Å²) in [5.74, 6) is 1.19. The minimum atomic E-state index is 0.254. The zero-order chi connectivity index (χ0) is 11.7. The lowest BCUT2D eigenvalue weighted by molar-refractivity contribution is 0.471. The van der Waals surface area contributed by atoms with E-state index in [1.807, 2.05) is 34.9 Å². The molecular weight excluding hydrogens is 212 g/mol. The zero-order valence-corrected chi connectivity index (χ0v) is 9.24. The summed E-state index contributed by atoms with van der Waals surface area (Å²) in [6.07, 6.45) is 4.27. The molecule has 0 aliphatic rings. The van der Waals surface area contributed by atoms with Crippen LogP contribution in [0.25, 0.3) is 5.52 Å². The SMILES string of the molecule is Oc1ccc2cnc(Cc3ccccc3)n2c1. The number of nitrogens with zero attached hydrogens (tertiary/aromatic N) is 2. The van der Waals surface area contributed by atoms with Crippen LogP contribution in [0, 0.1) is 0 Å². The average Bonchev–Trinajstić information content (AvgIpc) is 2.73. The molecule has 3 aromatic rings. The summed E-state index contributed by atoms with van der Waals surface area (Å²) in [5.41, 5.74) is 2.21. The van der Waals surface area contributed by atoms with Gasteiger partial charge in [-0.1, -0.05) is 30.3 Å². The van der Waals surface area contributed by atoms with Crippen molar-refractivity contribution in [3.05, 3.63) is 66.2 Å². The summed E-state index contributed by atoms with van der Waals surface area (Å²) in [5, 5.41) is 9.49. The highest BCUT2D eigenvalue weighted by Crippen LogP contribution is 2.15. The van der Waals surface area contributed by atoms with E-state index in [9.17, 15) is 5.11 Å². The molecule has 2 aromatic heterocycles. The second kappa shape index (κ2) is 3.94. The van der Waals surface area contributed by atoms with Crippen molar-refractivity contribution in [1.29, 1.82) is 0 Å². The quantitative estimate of drug-likeness (QED) is 0.726. The van der Waals surface area contributed by atoms with Gasteiger partial charge in [0.05, 0.1) is 17.9 Å². The number of hydrogen-bond acceptors (Lipinski definition) is 2. The summed E-state index contributed by atoms with van der Waals surface area (Å²) >= 11 is 0. The van der Waals surface area contributed by atoms with Gasteiger partial charge in [0.25, 0.3) is 0 Å². The number of aromatic hydroxyl groups is 1. The Hall–Kier alpha value is -2.29. The molecule has 0 atom stereocenters. The Morgan fingerprint density at radius 3 is 2.71 bits per heavy atom. The third kappa shape index (κ3) is 1.87. The van der Waals surface area contributed by atoms with Crippen molar-refractivity contribution < 1.29 is 5.11 Å². The van der Waals surface area contributed by atoms with Crippen LogP contribution in [0.1, 0.15) is 11.4 Å². The molecule has 1 aromatic carbocycles. The van der Waals surface area contributed by atoms with Crippen molar-refractivity contribution in [2.45, 2.75) is 6.42 Å². The molecule has 0 unspecified atom stereocenters. The van der Waals surface area contributed by atoms with E-state index in [1.54, 1.807) is 12.3 Å². The van der Waals surface area contributed by atoms with Crippen LogP contribution in [-0.4, -0.2) is 14.5 Å². The lowest BCUT2D eigenvalue weighted by Crippen LogP contribution is -1.95. The van der Waals surface area contributed by atoms with E-state index in [-0.39, 0.29) is 5.75 Å². The lowest BCUT2D eigenvalue weighted by atomic mass is 10.1. The van der Waals surface area contributed by atoms with Gasteiger partial charge in [0.1, 0.15) is 11.6 Å². The molecule has 2 heterocycles. The van der Waals surface area contributed by atoms with Gasteiger partial charge in [-0.25, -0.2) is 4.98 Å². The standard InChI is InChI=1S/C14H12N2O/c17-13-7-6-12-9-15-14(16(12)10-13)8-11-4-2-1-3-5-11/h1-7,9-10,17H,8H2. The predicted octanol–water partition coefficient (Wildman–Crippen LogP) is 2.63. The topological polar surface area (TPSA) is 37.5 Å². The van der Waals surface area contributed by atoms with Gasteiger partial charge in [-0.2, -0.15) is 0 Å². The number of pyridine rings is 1. The fourth-order valence-electron chi connectivity index (χ4n) is 1.94. The van der Waals surface area contributed by atoms with Gasteiger partial charge in [0, 0.05) is 6.42 Å². The fraction of sp³-hybridized carbons (Fsp3) is 0.0714. The van der Waals surface area contributed by atoms with Crippen molar-refractivity contribution in [2.24, 2.45) is 0 Å². The summed E-state index contributed by atoms with van der Waals surface area (Å²) < 4.78 is 1.92. The Morgan fingerprint density at radius 2 is 1.88 bits per heavy atom. The van der Waals surface area contributed by atoms with Crippen LogP contribution >= 0.6 is 0 Å². The van der Waals surface area contributed by atoms with E-state index in [0.29, 0.717) is 0 Å². The van der Waals surface area contributed by atoms with E-state index in [0.717, 1.165) is 17.8 Å². The molecule has 3 rings (SSSR count). The van der Waals surface area contributed by atoms with Crippen LogP contribution in [0.4, 0.5) is 0 Å². The summed E-state index contributed by atoms with van der Waals surface area (Å²) in [6, 6.07) is 13.7. The van der Waals surface area contributed by atoms with Gasteiger partial charge in [0.15, 0.2) is 0 Å². The van der Waals surface area contributed by atoms with E-state index >= 15 is 0 Å². The zero-order valence-electron chi connectivity index (χ0n) is 9.24. The van der Waals surface area contributed by atoms with Crippen molar-refractivity contribution in [3.8, 4) is 5.75 Å². The monoisotopic (exact) mass is 224 g/mol. The largest absolute Gasteiger partial charge is 0.506 e. The molecule has 0 saturated heterocycles. The Kier molecular flexibility index (Phi) is 2.29. The normalized spacial score (nSPS) is 10.8. The fourth-order valence-corrected chi connectivity index (χ4v) is 1.94. The average molecular weight is 224 g/mol.